The third-order valence-electron chi connectivity index (χ3n) is 2.29. The molecular formula is C11H11N2O2-. The van der Waals surface area contributed by atoms with Gasteiger partial charge in [-0.15, -0.1) is 0 Å². The van der Waals surface area contributed by atoms with Gasteiger partial charge in [-0.05, 0) is 18.1 Å². The Bertz CT molecular complexity index is 583. The van der Waals surface area contributed by atoms with Crippen LogP contribution in [-0.2, 0) is 11.2 Å². The summed E-state index contributed by atoms with van der Waals surface area (Å²) in [6.45, 7) is 0. The number of aromatic amines is 1. The third kappa shape index (κ3) is 1.85. The van der Waals surface area contributed by atoms with Crippen LogP contribution in [0.1, 0.15) is 5.56 Å². The predicted molar refractivity (Wildman–Crippen MR) is 55.0 cm³/mol. The molecule has 0 aliphatic rings. The van der Waals surface area contributed by atoms with Crippen molar-refractivity contribution in [2.24, 2.45) is 5.72 Å². The molecule has 1 heterocycles. The second kappa shape index (κ2) is 3.74. The van der Waals surface area contributed by atoms with E-state index < -0.39 is 12.0 Å². The fourth-order valence-electron chi connectivity index (χ4n) is 1.53. The van der Waals surface area contributed by atoms with Crippen molar-refractivity contribution < 1.29 is 14.1 Å². The molecule has 0 fully saturated rings. The Labute approximate surface area is 91.1 Å². The molecule has 4 nitrogen and oxygen atoms in total. The van der Waals surface area contributed by atoms with E-state index in [2.05, 4.69) is 0 Å². The van der Waals surface area contributed by atoms with Crippen molar-refractivity contribution in [1.82, 2.24) is 4.98 Å². The SMILES string of the molecule is [2H]N([2H])[C@@H](Cc1cn([2H])c2ccccc12)C(=O)[O-]. The zero-order valence-corrected chi connectivity index (χ0v) is 7.88. The van der Waals surface area contributed by atoms with E-state index in [9.17, 15) is 9.90 Å². The zero-order chi connectivity index (χ0) is 13.3. The Morgan fingerprint density at radius 2 is 2.47 bits per heavy atom. The number of nitrogens with one attached hydrogen (secondary N) is 1. The number of carboxylic acids is 1. The smallest absolute Gasteiger partial charge is 0.166 e. The summed E-state index contributed by atoms with van der Waals surface area (Å²) >= 11 is 0. The second-order valence-electron chi connectivity index (χ2n) is 3.34. The van der Waals surface area contributed by atoms with Crippen molar-refractivity contribution in [2.45, 2.75) is 12.5 Å². The summed E-state index contributed by atoms with van der Waals surface area (Å²) in [7, 11) is 0. The number of rotatable bonds is 4. The topological polar surface area (TPSA) is 81.9 Å². The molecular weight excluding hydrogens is 192 g/mol. The molecule has 78 valence electrons. The highest BCUT2D eigenvalue weighted by Crippen LogP contribution is 2.18. The average molecular weight is 206 g/mol. The standard InChI is InChI=1S/C11H12N2O2/c12-9(11(14)15)5-7-6-13-10-4-2-1-3-8(7)10/h1-4,6,9,13H,5,12H2,(H,14,15)/p-1/t9-/m0/s1/i/hD3. The van der Waals surface area contributed by atoms with Crippen molar-refractivity contribution in [2.75, 3.05) is 0 Å². The Hall–Kier alpha value is -1.81. The van der Waals surface area contributed by atoms with Crippen LogP contribution in [0.5, 0.6) is 0 Å². The minimum atomic E-state index is -1.47. The van der Waals surface area contributed by atoms with E-state index in [1.165, 1.54) is 6.20 Å². The van der Waals surface area contributed by atoms with Crippen molar-refractivity contribution in [3.8, 4) is 0 Å². The second-order valence-corrected chi connectivity index (χ2v) is 3.34. The van der Waals surface area contributed by atoms with E-state index >= 15 is 0 Å². The maximum atomic E-state index is 10.8. The molecule has 3 N–H and O–H groups in total. The molecule has 2 aromatic rings. The molecule has 0 radical (unpaired) electrons. The molecule has 0 unspecified atom stereocenters. The highest BCUT2D eigenvalue weighted by Gasteiger charge is 2.08. The van der Waals surface area contributed by atoms with Crippen LogP contribution in [0.25, 0.3) is 10.9 Å². The van der Waals surface area contributed by atoms with Gasteiger partial charge in [0.15, 0.2) is 1.41 Å². The minimum absolute atomic E-state index is 0.0400. The summed E-state index contributed by atoms with van der Waals surface area (Å²) in [5.41, 5.74) is 1.39. The Morgan fingerprint density at radius 1 is 1.67 bits per heavy atom. The van der Waals surface area contributed by atoms with Crippen LogP contribution in [0.3, 0.4) is 0 Å². The predicted octanol–water partition coefficient (Wildman–Crippen LogP) is -0.212. The van der Waals surface area contributed by atoms with Crippen molar-refractivity contribution in [1.29, 1.82) is 0 Å². The van der Waals surface area contributed by atoms with Gasteiger partial charge >= 0.3 is 0 Å². The fourth-order valence-corrected chi connectivity index (χ4v) is 1.53. The first-order valence-electron chi connectivity index (χ1n) is 5.91. The van der Waals surface area contributed by atoms with Gasteiger partial charge in [-0.1, -0.05) is 18.2 Å². The number of aromatic nitrogens is 1. The molecule has 15 heavy (non-hydrogen) atoms. The Morgan fingerprint density at radius 3 is 3.20 bits per heavy atom. The number of carbonyl (C=O) groups excluding carboxylic acids is 1. The van der Waals surface area contributed by atoms with E-state index in [-0.39, 0.29) is 12.1 Å². The van der Waals surface area contributed by atoms with Crippen LogP contribution in [-0.4, -0.2) is 17.0 Å². The number of aliphatic carboxylic acids is 1. The molecule has 0 aliphatic carbocycles. The highest BCUT2D eigenvalue weighted by atomic mass is 16.4. The van der Waals surface area contributed by atoms with E-state index in [4.69, 9.17) is 4.24 Å². The fraction of sp³-hybridized carbons (Fsp3) is 0.182. The van der Waals surface area contributed by atoms with Gasteiger partial charge in [0.25, 0.3) is 0 Å². The lowest BCUT2D eigenvalue weighted by Gasteiger charge is -2.11. The lowest BCUT2D eigenvalue weighted by atomic mass is 10.1. The van der Waals surface area contributed by atoms with Crippen LogP contribution in [0.4, 0.5) is 0 Å². The number of H-pyrrole nitrogens is 1. The minimum Gasteiger partial charge on any atom is -0.548 e. The lowest BCUT2D eigenvalue weighted by molar-refractivity contribution is -0.307. The summed E-state index contributed by atoms with van der Waals surface area (Å²) < 4.78 is 21.8. The summed E-state index contributed by atoms with van der Waals surface area (Å²) in [6.07, 6.45) is 1.45. The van der Waals surface area contributed by atoms with E-state index in [0.29, 0.717) is 11.1 Å². The normalized spacial score (nSPS) is 15.9. The monoisotopic (exact) mass is 206 g/mol. The van der Waals surface area contributed by atoms with E-state index in [0.717, 1.165) is 10.4 Å². The molecule has 0 spiro atoms. The first-order valence-corrected chi connectivity index (χ1v) is 4.56. The maximum absolute atomic E-state index is 10.8. The van der Waals surface area contributed by atoms with E-state index in [1.54, 1.807) is 24.3 Å². The molecule has 1 aromatic heterocycles. The van der Waals surface area contributed by atoms with Crippen LogP contribution < -0.4 is 10.8 Å². The van der Waals surface area contributed by atoms with Gasteiger partial charge in [-0.2, -0.15) is 0 Å². The average Bonchev–Trinajstić information content (AvgIpc) is 2.63. The molecule has 1 aromatic carbocycles. The lowest BCUT2D eigenvalue weighted by Crippen LogP contribution is -2.43. The molecule has 0 amide bonds. The summed E-state index contributed by atoms with van der Waals surface area (Å²) in [5.74, 6) is -1.47. The molecule has 2 rings (SSSR count). The number of hydrogen-bond acceptors (Lipinski definition) is 3. The highest BCUT2D eigenvalue weighted by molar-refractivity contribution is 5.84. The number of hydrogen-bond donors (Lipinski definition) is 2. The maximum Gasteiger partial charge on any atom is 0.166 e. The Kier molecular flexibility index (Phi) is 1.66. The molecule has 0 bridgehead atoms. The van der Waals surface area contributed by atoms with Gasteiger partial charge in [0.05, 0.1) is 5.97 Å². The molecule has 1 atom stereocenters. The first kappa shape index (κ1) is 6.63. The van der Waals surface area contributed by atoms with Gasteiger partial charge in [0, 0.05) is 23.1 Å². The molecule has 0 aliphatic heterocycles. The number of nitrogens with two attached hydrogens (primary N) is 1. The van der Waals surface area contributed by atoms with Gasteiger partial charge in [0.2, 0.25) is 0 Å². The van der Waals surface area contributed by atoms with Gasteiger partial charge in [0.1, 0.15) is 2.82 Å². The first-order chi connectivity index (χ1) is 8.50. The van der Waals surface area contributed by atoms with Crippen LogP contribution >= 0.6 is 0 Å². The number of carbonyl (C=O) groups is 1. The largest absolute Gasteiger partial charge is 0.548 e. The quantitative estimate of drug-likeness (QED) is 0.726. The zero-order valence-electron chi connectivity index (χ0n) is 10.9. The van der Waals surface area contributed by atoms with Gasteiger partial charge < -0.3 is 20.6 Å². The van der Waals surface area contributed by atoms with Crippen molar-refractivity contribution in [3.63, 3.8) is 0 Å². The number of benzene rings is 1. The van der Waals surface area contributed by atoms with Gasteiger partial charge in [-0.3, -0.25) is 0 Å². The summed E-state index contributed by atoms with van der Waals surface area (Å²) in [5, 5.41) is 11.6. The van der Waals surface area contributed by atoms with Crippen LogP contribution in [0.15, 0.2) is 30.5 Å². The summed E-state index contributed by atoms with van der Waals surface area (Å²) in [4.78, 5) is 12.0. The Balaban J connectivity index is 2.40. The number of carboxylic acid groups (broad SMARTS) is 1. The van der Waals surface area contributed by atoms with Crippen LogP contribution in [0.2, 0.25) is 4.24 Å². The molecule has 0 saturated carbocycles. The van der Waals surface area contributed by atoms with E-state index in [1.807, 2.05) is 0 Å². The third-order valence-corrected chi connectivity index (χ3v) is 2.29. The van der Waals surface area contributed by atoms with Gasteiger partial charge in [-0.25, -0.2) is 0 Å². The number of para-hydroxylation sites is 1. The van der Waals surface area contributed by atoms with Crippen molar-refractivity contribution in [3.05, 3.63) is 36.0 Å². The molecule has 0 saturated heterocycles. The van der Waals surface area contributed by atoms with Crippen LogP contribution in [0, 0.1) is 0 Å². The number of fused-ring (bicyclic) bond motifs is 1. The molecule has 4 heteroatoms. The summed E-state index contributed by atoms with van der Waals surface area (Å²) in [6, 6.07) is 5.75. The van der Waals surface area contributed by atoms with Crippen molar-refractivity contribution >= 4 is 16.9 Å².